The van der Waals surface area contributed by atoms with E-state index in [1.54, 1.807) is 37.4 Å². The molecule has 0 unspecified atom stereocenters. The Hall–Kier alpha value is -2.95. The topological polar surface area (TPSA) is 114 Å². The number of rotatable bonds is 11. The summed E-state index contributed by atoms with van der Waals surface area (Å²) in [5.74, 6) is -0.121. The van der Waals surface area contributed by atoms with Gasteiger partial charge >= 0.3 is 0 Å². The molecular formula is C23H29N3O6S. The first-order valence-corrected chi connectivity index (χ1v) is 12.2. The Bertz CT molecular complexity index is 1020. The van der Waals surface area contributed by atoms with Gasteiger partial charge in [-0.15, -0.1) is 0 Å². The van der Waals surface area contributed by atoms with E-state index >= 15 is 0 Å². The van der Waals surface area contributed by atoms with Crippen LogP contribution in [0, 0.1) is 0 Å². The van der Waals surface area contributed by atoms with Crippen molar-refractivity contribution in [3.8, 4) is 5.75 Å². The van der Waals surface area contributed by atoms with Gasteiger partial charge in [0.1, 0.15) is 5.75 Å². The standard InChI is InChI=1S/C23H29N3O6S/c1-31-19-11-9-18(10-12-19)14-24-22(27)17-26(16-20-6-5-13-32-20)23(28)15-25-33(29,30)21-7-3-2-4-8-21/h2-4,7-12,20,25H,5-6,13-17H2,1H3,(H,24,27)/t20-/m0/s1. The zero-order chi connectivity index (χ0) is 23.7. The lowest BCUT2D eigenvalue weighted by molar-refractivity contribution is -0.136. The molecular weight excluding hydrogens is 446 g/mol. The number of methoxy groups -OCH3 is 1. The van der Waals surface area contributed by atoms with E-state index in [-0.39, 0.29) is 30.0 Å². The van der Waals surface area contributed by atoms with Crippen molar-refractivity contribution in [2.75, 3.05) is 33.4 Å². The average molecular weight is 476 g/mol. The fourth-order valence-corrected chi connectivity index (χ4v) is 4.41. The Morgan fingerprint density at radius 2 is 1.85 bits per heavy atom. The molecule has 1 fully saturated rings. The monoisotopic (exact) mass is 475 g/mol. The van der Waals surface area contributed by atoms with E-state index in [1.807, 2.05) is 12.1 Å². The van der Waals surface area contributed by atoms with Crippen molar-refractivity contribution in [3.05, 3.63) is 60.2 Å². The van der Waals surface area contributed by atoms with Crippen LogP contribution in [0.25, 0.3) is 0 Å². The van der Waals surface area contributed by atoms with E-state index < -0.39 is 22.5 Å². The van der Waals surface area contributed by atoms with Crippen molar-refractivity contribution >= 4 is 21.8 Å². The van der Waals surface area contributed by atoms with E-state index in [1.165, 1.54) is 17.0 Å². The second-order valence-electron chi connectivity index (χ2n) is 7.67. The summed E-state index contributed by atoms with van der Waals surface area (Å²) in [5, 5.41) is 2.79. The molecule has 0 saturated carbocycles. The molecule has 1 aliphatic rings. The van der Waals surface area contributed by atoms with Crippen LogP contribution in [-0.4, -0.2) is 64.6 Å². The van der Waals surface area contributed by atoms with E-state index in [2.05, 4.69) is 10.0 Å². The Morgan fingerprint density at radius 3 is 2.48 bits per heavy atom. The van der Waals surface area contributed by atoms with E-state index in [0.29, 0.717) is 13.2 Å². The van der Waals surface area contributed by atoms with Crippen LogP contribution in [0.4, 0.5) is 0 Å². The normalized spacial score (nSPS) is 15.7. The summed E-state index contributed by atoms with van der Waals surface area (Å²) < 4.78 is 37.9. The van der Waals surface area contributed by atoms with Gasteiger partial charge in [0.2, 0.25) is 21.8 Å². The molecule has 0 radical (unpaired) electrons. The number of hydrogen-bond acceptors (Lipinski definition) is 6. The molecule has 1 saturated heterocycles. The highest BCUT2D eigenvalue weighted by atomic mass is 32.2. The third kappa shape index (κ3) is 7.55. The molecule has 0 bridgehead atoms. The quantitative estimate of drug-likeness (QED) is 0.506. The van der Waals surface area contributed by atoms with Crippen molar-refractivity contribution in [2.45, 2.75) is 30.4 Å². The molecule has 2 aromatic rings. The highest BCUT2D eigenvalue weighted by molar-refractivity contribution is 7.89. The molecule has 1 heterocycles. The highest BCUT2D eigenvalue weighted by Crippen LogP contribution is 2.14. The summed E-state index contributed by atoms with van der Waals surface area (Å²) >= 11 is 0. The summed E-state index contributed by atoms with van der Waals surface area (Å²) in [6, 6.07) is 15.1. The Kier molecular flexibility index (Phi) is 8.81. The minimum Gasteiger partial charge on any atom is -0.497 e. The number of carbonyl (C=O) groups excluding carboxylic acids is 2. The molecule has 10 heteroatoms. The number of nitrogens with zero attached hydrogens (tertiary/aromatic N) is 1. The number of hydrogen-bond donors (Lipinski definition) is 2. The molecule has 2 aromatic carbocycles. The molecule has 0 aliphatic carbocycles. The number of ether oxygens (including phenoxy) is 2. The molecule has 9 nitrogen and oxygen atoms in total. The Labute approximate surface area is 194 Å². The maximum absolute atomic E-state index is 12.8. The number of benzene rings is 2. The van der Waals surface area contributed by atoms with Gasteiger partial charge in [-0.2, -0.15) is 0 Å². The van der Waals surface area contributed by atoms with Gasteiger partial charge in [-0.1, -0.05) is 30.3 Å². The van der Waals surface area contributed by atoms with Crippen molar-refractivity contribution in [1.29, 1.82) is 0 Å². The fourth-order valence-electron chi connectivity index (χ4n) is 3.41. The molecule has 0 aromatic heterocycles. The fraction of sp³-hybridized carbons (Fsp3) is 0.391. The summed E-state index contributed by atoms with van der Waals surface area (Å²) in [5.41, 5.74) is 0.886. The maximum Gasteiger partial charge on any atom is 0.241 e. The van der Waals surface area contributed by atoms with Crippen LogP contribution in [0.15, 0.2) is 59.5 Å². The van der Waals surface area contributed by atoms with Gasteiger partial charge in [0.15, 0.2) is 0 Å². The van der Waals surface area contributed by atoms with Gasteiger partial charge < -0.3 is 19.7 Å². The van der Waals surface area contributed by atoms with Gasteiger partial charge in [-0.3, -0.25) is 9.59 Å². The van der Waals surface area contributed by atoms with Gasteiger partial charge in [0.05, 0.1) is 31.2 Å². The van der Waals surface area contributed by atoms with Crippen LogP contribution in [0.5, 0.6) is 5.75 Å². The summed E-state index contributed by atoms with van der Waals surface area (Å²) in [7, 11) is -2.26. The molecule has 2 amide bonds. The van der Waals surface area contributed by atoms with Gasteiger partial charge in [-0.05, 0) is 42.7 Å². The molecule has 3 rings (SSSR count). The predicted octanol–water partition coefficient (Wildman–Crippen LogP) is 1.30. The minimum absolute atomic E-state index is 0.0701. The van der Waals surface area contributed by atoms with Gasteiger partial charge in [-0.25, -0.2) is 13.1 Å². The summed E-state index contributed by atoms with van der Waals surface area (Å²) in [6.45, 7) is 0.488. The van der Waals surface area contributed by atoms with Crippen molar-refractivity contribution in [1.82, 2.24) is 14.9 Å². The third-order valence-corrected chi connectivity index (χ3v) is 6.67. The molecule has 33 heavy (non-hydrogen) atoms. The first kappa shape index (κ1) is 24.7. The maximum atomic E-state index is 12.8. The SMILES string of the molecule is COc1ccc(CNC(=O)CN(C[C@@H]2CCCO2)C(=O)CNS(=O)(=O)c2ccccc2)cc1. The van der Waals surface area contributed by atoms with Crippen LogP contribution in [0.3, 0.4) is 0 Å². The minimum atomic E-state index is -3.84. The lowest BCUT2D eigenvalue weighted by atomic mass is 10.2. The van der Waals surface area contributed by atoms with Gasteiger partial charge in [0, 0.05) is 19.7 Å². The highest BCUT2D eigenvalue weighted by Gasteiger charge is 2.25. The number of nitrogens with one attached hydrogen (secondary N) is 2. The predicted molar refractivity (Wildman–Crippen MR) is 122 cm³/mol. The second kappa shape index (κ2) is 11.8. The Balaban J connectivity index is 1.58. The lowest BCUT2D eigenvalue weighted by Gasteiger charge is -2.25. The third-order valence-electron chi connectivity index (χ3n) is 5.25. The Morgan fingerprint density at radius 1 is 1.12 bits per heavy atom. The van der Waals surface area contributed by atoms with E-state index in [9.17, 15) is 18.0 Å². The van der Waals surface area contributed by atoms with Crippen LogP contribution < -0.4 is 14.8 Å². The van der Waals surface area contributed by atoms with Crippen LogP contribution in [-0.2, 0) is 30.9 Å². The molecule has 2 N–H and O–H groups in total. The second-order valence-corrected chi connectivity index (χ2v) is 9.44. The van der Waals surface area contributed by atoms with Crippen molar-refractivity contribution in [2.24, 2.45) is 0 Å². The summed E-state index contributed by atoms with van der Waals surface area (Å²) in [6.07, 6.45) is 1.50. The first-order chi connectivity index (χ1) is 15.9. The van der Waals surface area contributed by atoms with Crippen molar-refractivity contribution in [3.63, 3.8) is 0 Å². The largest absolute Gasteiger partial charge is 0.497 e. The molecule has 0 spiro atoms. The summed E-state index contributed by atoms with van der Waals surface area (Å²) in [4.78, 5) is 26.8. The van der Waals surface area contributed by atoms with Crippen molar-refractivity contribution < 1.29 is 27.5 Å². The lowest BCUT2D eigenvalue weighted by Crippen LogP contribution is -2.47. The first-order valence-electron chi connectivity index (χ1n) is 10.7. The molecule has 1 aliphatic heterocycles. The number of amides is 2. The zero-order valence-corrected chi connectivity index (χ0v) is 19.3. The zero-order valence-electron chi connectivity index (χ0n) is 18.5. The molecule has 1 atom stereocenters. The average Bonchev–Trinajstić information content (AvgIpc) is 3.35. The van der Waals surface area contributed by atoms with E-state index in [4.69, 9.17) is 9.47 Å². The van der Waals surface area contributed by atoms with Crippen LogP contribution in [0.1, 0.15) is 18.4 Å². The van der Waals surface area contributed by atoms with Gasteiger partial charge in [0.25, 0.3) is 0 Å². The van der Waals surface area contributed by atoms with Crippen LogP contribution >= 0.6 is 0 Å². The smallest absolute Gasteiger partial charge is 0.241 e. The number of sulfonamides is 1. The van der Waals surface area contributed by atoms with Crippen LogP contribution in [0.2, 0.25) is 0 Å². The molecule has 178 valence electrons. The number of carbonyl (C=O) groups is 2. The van der Waals surface area contributed by atoms with E-state index in [0.717, 1.165) is 24.2 Å².